The Balaban J connectivity index is 1.60. The number of hydrogen-bond acceptors (Lipinski definition) is 6. The number of ether oxygens (including phenoxy) is 1. The normalized spacial score (nSPS) is 10.5. The molecule has 0 spiro atoms. The van der Waals surface area contributed by atoms with Gasteiger partial charge in [0, 0.05) is 17.9 Å². The standard InChI is InChI=1S/C25H29N5O3S/c1-4-15-30-22(16-23(31)27-21-10-8-7-9-18(21)5-2)28-29-25(30)34-17-24(32)26-19-11-13-20(14-12-19)33-6-3/h4,7-14H,1,5-6,15-17H2,2-3H3,(H,26,32)(H,27,31). The second kappa shape index (κ2) is 12.6. The van der Waals surface area contributed by atoms with E-state index >= 15 is 0 Å². The van der Waals surface area contributed by atoms with E-state index in [-0.39, 0.29) is 24.0 Å². The summed E-state index contributed by atoms with van der Waals surface area (Å²) < 4.78 is 7.21. The van der Waals surface area contributed by atoms with Crippen LogP contribution in [0.1, 0.15) is 25.2 Å². The zero-order valence-corrected chi connectivity index (χ0v) is 20.2. The van der Waals surface area contributed by atoms with Crippen LogP contribution in [0.25, 0.3) is 0 Å². The molecule has 0 fully saturated rings. The number of carbonyl (C=O) groups is 2. The van der Waals surface area contributed by atoms with Crippen molar-refractivity contribution in [3.63, 3.8) is 0 Å². The van der Waals surface area contributed by atoms with Crippen molar-refractivity contribution in [2.45, 2.75) is 38.4 Å². The summed E-state index contributed by atoms with van der Waals surface area (Å²) >= 11 is 1.26. The summed E-state index contributed by atoms with van der Waals surface area (Å²) in [5.41, 5.74) is 2.55. The Hall–Kier alpha value is -3.59. The van der Waals surface area contributed by atoms with Crippen LogP contribution in [0.15, 0.2) is 66.3 Å². The minimum Gasteiger partial charge on any atom is -0.494 e. The van der Waals surface area contributed by atoms with Gasteiger partial charge in [-0.15, -0.1) is 16.8 Å². The molecular weight excluding hydrogens is 450 g/mol. The molecule has 1 heterocycles. The maximum Gasteiger partial charge on any atom is 0.234 e. The van der Waals surface area contributed by atoms with Gasteiger partial charge in [0.25, 0.3) is 0 Å². The number of anilines is 2. The quantitative estimate of drug-likeness (QED) is 0.296. The lowest BCUT2D eigenvalue weighted by Crippen LogP contribution is -2.19. The van der Waals surface area contributed by atoms with E-state index in [2.05, 4.69) is 27.4 Å². The number of hydrogen-bond donors (Lipinski definition) is 2. The summed E-state index contributed by atoms with van der Waals surface area (Å²) in [5, 5.41) is 14.7. The molecule has 178 valence electrons. The number of rotatable bonds is 12. The van der Waals surface area contributed by atoms with E-state index in [4.69, 9.17) is 4.74 Å². The molecule has 3 aromatic rings. The van der Waals surface area contributed by atoms with Crippen molar-refractivity contribution >= 4 is 35.0 Å². The van der Waals surface area contributed by atoms with Gasteiger partial charge in [-0.2, -0.15) is 0 Å². The number of aromatic nitrogens is 3. The summed E-state index contributed by atoms with van der Waals surface area (Å²) in [6.45, 7) is 8.77. The van der Waals surface area contributed by atoms with Crippen molar-refractivity contribution in [1.29, 1.82) is 0 Å². The van der Waals surface area contributed by atoms with Crippen molar-refractivity contribution in [2.75, 3.05) is 23.0 Å². The Bertz CT molecular complexity index is 1130. The Morgan fingerprint density at radius 2 is 1.82 bits per heavy atom. The minimum absolute atomic E-state index is 0.0673. The number of benzene rings is 2. The van der Waals surface area contributed by atoms with Crippen LogP contribution < -0.4 is 15.4 Å². The van der Waals surface area contributed by atoms with Gasteiger partial charge in [0.05, 0.1) is 18.8 Å². The van der Waals surface area contributed by atoms with Gasteiger partial charge in [0.2, 0.25) is 11.8 Å². The molecule has 0 saturated heterocycles. The van der Waals surface area contributed by atoms with Gasteiger partial charge in [-0.05, 0) is 49.2 Å². The number of allylic oxidation sites excluding steroid dienone is 1. The van der Waals surface area contributed by atoms with Crippen LogP contribution in [0, 0.1) is 0 Å². The highest BCUT2D eigenvalue weighted by atomic mass is 32.2. The van der Waals surface area contributed by atoms with E-state index in [1.54, 1.807) is 22.8 Å². The first kappa shape index (κ1) is 25.0. The van der Waals surface area contributed by atoms with Gasteiger partial charge in [0.1, 0.15) is 11.6 Å². The summed E-state index contributed by atoms with van der Waals surface area (Å²) in [4.78, 5) is 25.1. The number of carbonyl (C=O) groups excluding carboxylic acids is 2. The first-order valence-corrected chi connectivity index (χ1v) is 12.1. The van der Waals surface area contributed by atoms with Crippen molar-refractivity contribution in [3.8, 4) is 5.75 Å². The first-order valence-electron chi connectivity index (χ1n) is 11.1. The monoisotopic (exact) mass is 479 g/mol. The van der Waals surface area contributed by atoms with Crippen LogP contribution in [-0.2, 0) is 29.0 Å². The van der Waals surface area contributed by atoms with Gasteiger partial charge in [-0.3, -0.25) is 9.59 Å². The van der Waals surface area contributed by atoms with E-state index in [9.17, 15) is 9.59 Å². The summed E-state index contributed by atoms with van der Waals surface area (Å²) in [7, 11) is 0. The summed E-state index contributed by atoms with van der Waals surface area (Å²) in [5.74, 6) is 1.07. The van der Waals surface area contributed by atoms with E-state index in [0.717, 1.165) is 23.4 Å². The number of thioether (sulfide) groups is 1. The molecule has 1 aromatic heterocycles. The molecule has 0 saturated carbocycles. The summed E-state index contributed by atoms with van der Waals surface area (Å²) in [6.07, 6.45) is 2.60. The molecule has 34 heavy (non-hydrogen) atoms. The van der Waals surface area contributed by atoms with Gasteiger partial charge in [-0.25, -0.2) is 0 Å². The van der Waals surface area contributed by atoms with E-state index in [1.165, 1.54) is 11.8 Å². The van der Waals surface area contributed by atoms with Gasteiger partial charge in [0.15, 0.2) is 5.16 Å². The molecule has 2 aromatic carbocycles. The molecule has 9 heteroatoms. The Morgan fingerprint density at radius 3 is 2.53 bits per heavy atom. The van der Waals surface area contributed by atoms with Crippen molar-refractivity contribution in [1.82, 2.24) is 14.8 Å². The van der Waals surface area contributed by atoms with E-state index < -0.39 is 0 Å². The third-order valence-corrected chi connectivity index (χ3v) is 5.84. The lowest BCUT2D eigenvalue weighted by Gasteiger charge is -2.11. The predicted octanol–water partition coefficient (Wildman–Crippen LogP) is 4.34. The maximum absolute atomic E-state index is 12.7. The lowest BCUT2D eigenvalue weighted by molar-refractivity contribution is -0.116. The Labute approximate surface area is 203 Å². The highest BCUT2D eigenvalue weighted by Crippen LogP contribution is 2.20. The molecule has 2 N–H and O–H groups in total. The van der Waals surface area contributed by atoms with Gasteiger partial charge >= 0.3 is 0 Å². The maximum atomic E-state index is 12.7. The number of nitrogens with one attached hydrogen (secondary N) is 2. The van der Waals surface area contributed by atoms with E-state index in [1.807, 2.05) is 50.2 Å². The largest absolute Gasteiger partial charge is 0.494 e. The van der Waals surface area contributed by atoms with Crippen molar-refractivity contribution in [3.05, 3.63) is 72.6 Å². The average molecular weight is 480 g/mol. The minimum atomic E-state index is -0.177. The van der Waals surface area contributed by atoms with E-state index in [0.29, 0.717) is 29.8 Å². The molecule has 0 unspecified atom stereocenters. The lowest BCUT2D eigenvalue weighted by atomic mass is 10.1. The first-order chi connectivity index (χ1) is 16.5. The molecule has 0 aliphatic carbocycles. The molecule has 3 rings (SSSR count). The SMILES string of the molecule is C=CCn1c(CC(=O)Nc2ccccc2CC)nnc1SCC(=O)Nc1ccc(OCC)cc1. The fourth-order valence-electron chi connectivity index (χ4n) is 3.29. The van der Waals surface area contributed by atoms with Crippen LogP contribution in [0.2, 0.25) is 0 Å². The van der Waals surface area contributed by atoms with Crippen LogP contribution in [0.5, 0.6) is 5.75 Å². The molecule has 0 atom stereocenters. The van der Waals surface area contributed by atoms with Gasteiger partial charge in [-0.1, -0.05) is 43.0 Å². The Morgan fingerprint density at radius 1 is 1.06 bits per heavy atom. The number of para-hydroxylation sites is 1. The van der Waals surface area contributed by atoms with Crippen LogP contribution in [0.4, 0.5) is 11.4 Å². The third kappa shape index (κ3) is 6.95. The molecule has 0 radical (unpaired) electrons. The highest BCUT2D eigenvalue weighted by Gasteiger charge is 2.17. The number of nitrogens with zero attached hydrogens (tertiary/aromatic N) is 3. The second-order valence-electron chi connectivity index (χ2n) is 7.33. The van der Waals surface area contributed by atoms with Crippen LogP contribution in [-0.4, -0.2) is 38.9 Å². The third-order valence-electron chi connectivity index (χ3n) is 4.88. The molecule has 2 amide bonds. The smallest absolute Gasteiger partial charge is 0.234 e. The molecule has 0 bridgehead atoms. The fraction of sp³-hybridized carbons (Fsp3) is 0.280. The van der Waals surface area contributed by atoms with Crippen molar-refractivity contribution < 1.29 is 14.3 Å². The fourth-order valence-corrected chi connectivity index (χ4v) is 4.05. The number of amides is 2. The topological polar surface area (TPSA) is 98.1 Å². The molecule has 0 aliphatic rings. The highest BCUT2D eigenvalue weighted by molar-refractivity contribution is 7.99. The van der Waals surface area contributed by atoms with Crippen LogP contribution in [0.3, 0.4) is 0 Å². The average Bonchev–Trinajstić information content (AvgIpc) is 3.20. The summed E-state index contributed by atoms with van der Waals surface area (Å²) in [6, 6.07) is 14.9. The zero-order valence-electron chi connectivity index (χ0n) is 19.4. The van der Waals surface area contributed by atoms with Gasteiger partial charge < -0.3 is 19.9 Å². The Kier molecular flexibility index (Phi) is 9.28. The molecule has 8 nitrogen and oxygen atoms in total. The zero-order chi connectivity index (χ0) is 24.3. The second-order valence-corrected chi connectivity index (χ2v) is 8.27. The number of aryl methyl sites for hydroxylation is 1. The predicted molar refractivity (Wildman–Crippen MR) is 135 cm³/mol. The van der Waals surface area contributed by atoms with Crippen molar-refractivity contribution in [2.24, 2.45) is 0 Å². The van der Waals surface area contributed by atoms with Crippen LogP contribution >= 0.6 is 11.8 Å². The molecular formula is C25H29N5O3S. The molecule has 0 aliphatic heterocycles.